The normalized spacial score (nSPS) is 18.8. The first-order chi connectivity index (χ1) is 14.0. The number of piperidine rings is 1. The van der Waals surface area contributed by atoms with Gasteiger partial charge in [-0.15, -0.1) is 0 Å². The molecule has 0 radical (unpaired) electrons. The van der Waals surface area contributed by atoms with Crippen LogP contribution in [0.15, 0.2) is 16.7 Å². The summed E-state index contributed by atoms with van der Waals surface area (Å²) in [7, 11) is 0. The number of aryl methyl sites for hydroxylation is 2. The zero-order chi connectivity index (χ0) is 20.4. The number of hydrogen-bond donors (Lipinski definition) is 1. The second kappa shape index (κ2) is 8.14. The van der Waals surface area contributed by atoms with Gasteiger partial charge in [0.05, 0.1) is 5.54 Å². The Hall–Kier alpha value is -2.41. The molecule has 1 saturated carbocycles. The lowest BCUT2D eigenvalue weighted by atomic mass is 9.98. The molecule has 1 amide bonds. The molecule has 7 nitrogen and oxygen atoms in total. The topological polar surface area (TPSA) is 94.5 Å². The van der Waals surface area contributed by atoms with Crippen molar-refractivity contribution in [2.75, 3.05) is 19.7 Å². The van der Waals surface area contributed by atoms with Crippen LogP contribution in [0.2, 0.25) is 0 Å². The van der Waals surface area contributed by atoms with E-state index in [9.17, 15) is 4.79 Å². The standard InChI is InChI=1S/C22H30N4O3/c1-15-12-17(20-24-21(25-29-20)22(23)8-4-5-9-22)13-16(2)19(15)28-14-18(27)26-10-6-3-7-11-26/h12-13H,3-11,14,23H2,1-2H3. The van der Waals surface area contributed by atoms with E-state index in [1.807, 2.05) is 30.9 Å². The predicted octanol–water partition coefficient (Wildman–Crippen LogP) is 3.47. The minimum absolute atomic E-state index is 0.0546. The molecule has 29 heavy (non-hydrogen) atoms. The molecule has 2 heterocycles. The van der Waals surface area contributed by atoms with E-state index in [2.05, 4.69) is 10.1 Å². The van der Waals surface area contributed by atoms with Crippen molar-refractivity contribution >= 4 is 5.91 Å². The number of carbonyl (C=O) groups excluding carboxylic acids is 1. The SMILES string of the molecule is Cc1cc(-c2nc(C3(N)CCCC3)no2)cc(C)c1OCC(=O)N1CCCCC1. The van der Waals surface area contributed by atoms with E-state index in [-0.39, 0.29) is 12.5 Å². The van der Waals surface area contributed by atoms with Crippen LogP contribution in [0.4, 0.5) is 0 Å². The number of rotatable bonds is 5. The van der Waals surface area contributed by atoms with Crippen molar-refractivity contribution in [2.45, 2.75) is 64.3 Å². The molecule has 7 heteroatoms. The average Bonchev–Trinajstić information content (AvgIpc) is 3.38. The number of carbonyl (C=O) groups is 1. The summed E-state index contributed by atoms with van der Waals surface area (Å²) in [6, 6.07) is 3.92. The third kappa shape index (κ3) is 4.15. The number of nitrogens with two attached hydrogens (primary N) is 1. The monoisotopic (exact) mass is 398 g/mol. The fourth-order valence-corrected chi connectivity index (χ4v) is 4.44. The van der Waals surface area contributed by atoms with Gasteiger partial charge in [-0.05, 0) is 69.2 Å². The largest absolute Gasteiger partial charge is 0.483 e. The van der Waals surface area contributed by atoms with Crippen LogP contribution >= 0.6 is 0 Å². The molecule has 2 fully saturated rings. The Kier molecular flexibility index (Phi) is 5.58. The van der Waals surface area contributed by atoms with E-state index in [0.717, 1.165) is 74.1 Å². The Morgan fingerprint density at radius 3 is 2.45 bits per heavy atom. The average molecular weight is 399 g/mol. The van der Waals surface area contributed by atoms with E-state index >= 15 is 0 Å². The quantitative estimate of drug-likeness (QED) is 0.829. The molecular weight excluding hydrogens is 368 g/mol. The van der Waals surface area contributed by atoms with Gasteiger partial charge >= 0.3 is 0 Å². The molecular formula is C22H30N4O3. The van der Waals surface area contributed by atoms with Crippen LogP contribution in [-0.2, 0) is 10.3 Å². The minimum atomic E-state index is -0.469. The Morgan fingerprint density at radius 1 is 1.14 bits per heavy atom. The maximum absolute atomic E-state index is 12.4. The molecule has 0 atom stereocenters. The lowest BCUT2D eigenvalue weighted by Gasteiger charge is -2.26. The first-order valence-electron chi connectivity index (χ1n) is 10.6. The van der Waals surface area contributed by atoms with Crippen molar-refractivity contribution in [1.29, 1.82) is 0 Å². The zero-order valence-electron chi connectivity index (χ0n) is 17.4. The lowest BCUT2D eigenvalue weighted by molar-refractivity contribution is -0.134. The molecule has 156 valence electrons. The van der Waals surface area contributed by atoms with Crippen molar-refractivity contribution < 1.29 is 14.1 Å². The molecule has 2 aliphatic rings. The van der Waals surface area contributed by atoms with Crippen LogP contribution in [0.25, 0.3) is 11.5 Å². The van der Waals surface area contributed by atoms with E-state index in [0.29, 0.717) is 11.7 Å². The van der Waals surface area contributed by atoms with Gasteiger partial charge in [0.2, 0.25) is 0 Å². The number of nitrogens with zero attached hydrogens (tertiary/aromatic N) is 3. The van der Waals surface area contributed by atoms with Gasteiger partial charge < -0.3 is 19.9 Å². The number of hydrogen-bond acceptors (Lipinski definition) is 6. The van der Waals surface area contributed by atoms with Crippen molar-refractivity contribution in [3.05, 3.63) is 29.1 Å². The molecule has 2 N–H and O–H groups in total. The van der Waals surface area contributed by atoms with Crippen LogP contribution in [-0.4, -0.2) is 40.6 Å². The van der Waals surface area contributed by atoms with Gasteiger partial charge in [-0.3, -0.25) is 4.79 Å². The van der Waals surface area contributed by atoms with Gasteiger partial charge in [0, 0.05) is 18.7 Å². The number of aromatic nitrogens is 2. The molecule has 1 aromatic heterocycles. The molecule has 0 spiro atoms. The summed E-state index contributed by atoms with van der Waals surface area (Å²) < 4.78 is 11.4. The highest BCUT2D eigenvalue weighted by Crippen LogP contribution is 2.36. The summed E-state index contributed by atoms with van der Waals surface area (Å²) in [6.07, 6.45) is 7.34. The van der Waals surface area contributed by atoms with Crippen molar-refractivity contribution in [2.24, 2.45) is 5.73 Å². The van der Waals surface area contributed by atoms with Gasteiger partial charge in [0.1, 0.15) is 5.75 Å². The highest BCUT2D eigenvalue weighted by Gasteiger charge is 2.36. The molecule has 1 saturated heterocycles. The maximum atomic E-state index is 12.4. The van der Waals surface area contributed by atoms with Crippen molar-refractivity contribution in [3.8, 4) is 17.2 Å². The predicted molar refractivity (Wildman–Crippen MR) is 109 cm³/mol. The first kappa shape index (κ1) is 19.9. The molecule has 1 aliphatic heterocycles. The number of ether oxygens (including phenoxy) is 1. The van der Waals surface area contributed by atoms with Crippen molar-refractivity contribution in [3.63, 3.8) is 0 Å². The summed E-state index contributed by atoms with van der Waals surface area (Å²) in [4.78, 5) is 18.9. The molecule has 0 unspecified atom stereocenters. The first-order valence-corrected chi connectivity index (χ1v) is 10.6. The van der Waals surface area contributed by atoms with E-state index in [1.165, 1.54) is 6.42 Å². The second-order valence-electron chi connectivity index (χ2n) is 8.46. The third-order valence-electron chi connectivity index (χ3n) is 6.12. The molecule has 0 bridgehead atoms. The second-order valence-corrected chi connectivity index (χ2v) is 8.46. The van der Waals surface area contributed by atoms with Crippen LogP contribution in [0.5, 0.6) is 5.75 Å². The maximum Gasteiger partial charge on any atom is 0.260 e. The summed E-state index contributed by atoms with van der Waals surface area (Å²) in [5.74, 6) is 1.86. The fraction of sp³-hybridized carbons (Fsp3) is 0.591. The van der Waals surface area contributed by atoms with E-state index in [4.69, 9.17) is 15.0 Å². The molecule has 4 rings (SSSR count). The Bertz CT molecular complexity index is 857. The highest BCUT2D eigenvalue weighted by molar-refractivity contribution is 5.78. The van der Waals surface area contributed by atoms with E-state index in [1.54, 1.807) is 0 Å². The van der Waals surface area contributed by atoms with Crippen molar-refractivity contribution in [1.82, 2.24) is 15.0 Å². The number of benzene rings is 1. The van der Waals surface area contributed by atoms with Crippen LogP contribution < -0.4 is 10.5 Å². The van der Waals surface area contributed by atoms with Gasteiger partial charge in [-0.2, -0.15) is 4.98 Å². The zero-order valence-corrected chi connectivity index (χ0v) is 17.4. The molecule has 2 aromatic rings. The smallest absolute Gasteiger partial charge is 0.260 e. The molecule has 1 aromatic carbocycles. The van der Waals surface area contributed by atoms with Gasteiger partial charge in [-0.1, -0.05) is 18.0 Å². The summed E-state index contributed by atoms with van der Waals surface area (Å²) in [5, 5.41) is 4.15. The minimum Gasteiger partial charge on any atom is -0.483 e. The van der Waals surface area contributed by atoms with E-state index < -0.39 is 5.54 Å². The summed E-state index contributed by atoms with van der Waals surface area (Å²) in [6.45, 7) is 5.68. The number of amides is 1. The Labute approximate surface area is 171 Å². The molecule has 1 aliphatic carbocycles. The Balaban J connectivity index is 1.47. The van der Waals surface area contributed by atoms with Gasteiger partial charge in [0.15, 0.2) is 12.4 Å². The number of likely N-dealkylation sites (tertiary alicyclic amines) is 1. The third-order valence-corrected chi connectivity index (χ3v) is 6.12. The fourth-order valence-electron chi connectivity index (χ4n) is 4.44. The highest BCUT2D eigenvalue weighted by atomic mass is 16.5. The van der Waals surface area contributed by atoms with Crippen LogP contribution in [0.3, 0.4) is 0 Å². The van der Waals surface area contributed by atoms with Crippen LogP contribution in [0.1, 0.15) is 61.9 Å². The summed E-state index contributed by atoms with van der Waals surface area (Å²) >= 11 is 0. The van der Waals surface area contributed by atoms with Gasteiger partial charge in [-0.25, -0.2) is 0 Å². The lowest BCUT2D eigenvalue weighted by Crippen LogP contribution is -2.38. The Morgan fingerprint density at radius 2 is 1.79 bits per heavy atom. The van der Waals surface area contributed by atoms with Gasteiger partial charge in [0.25, 0.3) is 11.8 Å². The van der Waals surface area contributed by atoms with Crippen LogP contribution in [0, 0.1) is 13.8 Å². The summed E-state index contributed by atoms with van der Waals surface area (Å²) in [5.41, 5.74) is 8.70.